The molecule has 0 saturated heterocycles. The van der Waals surface area contributed by atoms with Crippen LogP contribution >= 0.6 is 34.5 Å². The van der Waals surface area contributed by atoms with Crippen LogP contribution in [0.25, 0.3) is 0 Å². The van der Waals surface area contributed by atoms with E-state index >= 15 is 0 Å². The molecule has 0 bridgehead atoms. The van der Waals surface area contributed by atoms with Crippen LogP contribution in [0.5, 0.6) is 11.5 Å². The third-order valence-corrected chi connectivity index (χ3v) is 6.75. The van der Waals surface area contributed by atoms with Crippen LogP contribution in [0.15, 0.2) is 46.1 Å². The number of benzene rings is 2. The Kier molecular flexibility index (Phi) is 8.49. The van der Waals surface area contributed by atoms with Crippen LogP contribution in [-0.2, 0) is 21.2 Å². The van der Waals surface area contributed by atoms with Crippen molar-refractivity contribution in [3.63, 3.8) is 0 Å². The highest BCUT2D eigenvalue weighted by Gasteiger charge is 2.23. The molecule has 1 heterocycles. The summed E-state index contributed by atoms with van der Waals surface area (Å²) in [5.41, 5.74) is 2.13. The Morgan fingerprint density at radius 2 is 2.00 bits per heavy atom. The zero-order valence-electron chi connectivity index (χ0n) is 16.8. The van der Waals surface area contributed by atoms with Gasteiger partial charge in [-0.25, -0.2) is 17.8 Å². The van der Waals surface area contributed by atoms with Crippen molar-refractivity contribution in [1.82, 2.24) is 10.3 Å². The molecule has 0 aliphatic heterocycles. The van der Waals surface area contributed by atoms with Gasteiger partial charge in [0.15, 0.2) is 5.82 Å². The third-order valence-electron chi connectivity index (χ3n) is 4.27. The van der Waals surface area contributed by atoms with E-state index in [4.69, 9.17) is 33.0 Å². The maximum absolute atomic E-state index is 14.7. The molecule has 0 spiro atoms. The van der Waals surface area contributed by atoms with Gasteiger partial charge in [-0.2, -0.15) is 0 Å². The summed E-state index contributed by atoms with van der Waals surface area (Å²) < 4.78 is 47.7. The average Bonchev–Trinajstić information content (AvgIpc) is 3.23. The Hall–Kier alpha value is -2.44. The van der Waals surface area contributed by atoms with Crippen molar-refractivity contribution in [2.45, 2.75) is 17.7 Å². The minimum absolute atomic E-state index is 0.0690. The second-order valence-electron chi connectivity index (χ2n) is 6.72. The molecule has 3 rings (SSSR count). The normalized spacial score (nSPS) is 11.4. The summed E-state index contributed by atoms with van der Waals surface area (Å²) in [4.78, 5) is 13.7. The van der Waals surface area contributed by atoms with Crippen LogP contribution in [0.4, 0.5) is 10.2 Å². The van der Waals surface area contributed by atoms with Crippen LogP contribution in [0, 0.1) is 5.82 Å². The largest absolute Gasteiger partial charge is 0.480 e. The van der Waals surface area contributed by atoms with E-state index in [-0.39, 0.29) is 23.1 Å². The van der Waals surface area contributed by atoms with Gasteiger partial charge in [-0.3, -0.25) is 9.52 Å². The van der Waals surface area contributed by atoms with Gasteiger partial charge in [-0.05, 0) is 49.2 Å². The molecule has 3 aromatic rings. The summed E-state index contributed by atoms with van der Waals surface area (Å²) in [5.74, 6) is -1.65. The number of carboxylic acid groups (broad SMARTS) is 1. The molecule has 1 aromatic heterocycles. The van der Waals surface area contributed by atoms with Crippen molar-refractivity contribution in [1.29, 1.82) is 0 Å². The minimum atomic E-state index is -4.25. The van der Waals surface area contributed by atoms with Crippen LogP contribution in [0.1, 0.15) is 12.0 Å². The summed E-state index contributed by atoms with van der Waals surface area (Å²) in [6, 6.07) is 6.71. The van der Waals surface area contributed by atoms with E-state index in [1.54, 1.807) is 18.2 Å². The lowest BCUT2D eigenvalue weighted by molar-refractivity contribution is -0.135. The van der Waals surface area contributed by atoms with E-state index in [2.05, 4.69) is 15.0 Å². The Morgan fingerprint density at radius 3 is 2.70 bits per heavy atom. The first-order valence-corrected chi connectivity index (χ1v) is 12.6. The second kappa shape index (κ2) is 11.1. The molecule has 0 aliphatic carbocycles. The van der Waals surface area contributed by atoms with Gasteiger partial charge < -0.3 is 15.2 Å². The van der Waals surface area contributed by atoms with Crippen LogP contribution in [0.3, 0.4) is 0 Å². The molecule has 0 aliphatic rings. The van der Waals surface area contributed by atoms with Crippen molar-refractivity contribution in [3.05, 3.63) is 62.6 Å². The Morgan fingerprint density at radius 1 is 1.21 bits per heavy atom. The van der Waals surface area contributed by atoms with Crippen molar-refractivity contribution in [3.8, 4) is 11.5 Å². The average molecular weight is 534 g/mol. The zero-order chi connectivity index (χ0) is 24.0. The second-order valence-corrected chi connectivity index (χ2v) is 9.93. The minimum Gasteiger partial charge on any atom is -0.480 e. The fourth-order valence-corrected chi connectivity index (χ4v) is 4.92. The van der Waals surface area contributed by atoms with Crippen molar-refractivity contribution in [2.24, 2.45) is 0 Å². The number of thiazole rings is 1. The molecule has 0 radical (unpaired) electrons. The predicted octanol–water partition coefficient (Wildman–Crippen LogP) is 4.79. The lowest BCUT2D eigenvalue weighted by Gasteiger charge is -2.14. The fraction of sp³-hybridized carbons (Fsp3) is 0.200. The van der Waals surface area contributed by atoms with Crippen molar-refractivity contribution < 1.29 is 27.4 Å². The predicted molar refractivity (Wildman–Crippen MR) is 125 cm³/mol. The molecular formula is C20H18Cl2FN3O5S2. The maximum atomic E-state index is 14.7. The van der Waals surface area contributed by atoms with Crippen molar-refractivity contribution >= 4 is 56.3 Å². The van der Waals surface area contributed by atoms with Gasteiger partial charge in [-0.15, -0.1) is 11.3 Å². The number of anilines is 1. The Bertz CT molecular complexity index is 1240. The highest BCUT2D eigenvalue weighted by atomic mass is 35.5. The fourth-order valence-electron chi connectivity index (χ4n) is 2.81. The van der Waals surface area contributed by atoms with E-state index in [0.29, 0.717) is 35.7 Å². The van der Waals surface area contributed by atoms with Gasteiger partial charge in [0.1, 0.15) is 22.2 Å². The number of nitrogens with zero attached hydrogens (tertiary/aromatic N) is 1. The van der Waals surface area contributed by atoms with E-state index in [1.807, 2.05) is 0 Å². The summed E-state index contributed by atoms with van der Waals surface area (Å²) >= 11 is 13.5. The maximum Gasteiger partial charge on any atom is 0.317 e. The third kappa shape index (κ3) is 7.02. The molecule has 3 N–H and O–H groups in total. The summed E-state index contributed by atoms with van der Waals surface area (Å²) in [7, 11) is -4.25. The van der Waals surface area contributed by atoms with Crippen molar-refractivity contribution in [2.75, 3.05) is 17.8 Å². The van der Waals surface area contributed by atoms with Gasteiger partial charge >= 0.3 is 5.97 Å². The lowest BCUT2D eigenvalue weighted by Crippen LogP contribution is -2.23. The van der Waals surface area contributed by atoms with E-state index in [1.165, 1.54) is 22.2 Å². The van der Waals surface area contributed by atoms with Gasteiger partial charge in [-0.1, -0.05) is 23.2 Å². The van der Waals surface area contributed by atoms with Gasteiger partial charge in [0.05, 0.1) is 17.1 Å². The van der Waals surface area contributed by atoms with Gasteiger partial charge in [0.25, 0.3) is 10.0 Å². The Labute approximate surface area is 203 Å². The molecule has 0 unspecified atom stereocenters. The molecule has 0 saturated carbocycles. The quantitative estimate of drug-likeness (QED) is 0.303. The number of aliphatic carboxylic acids is 1. The van der Waals surface area contributed by atoms with Gasteiger partial charge in [0.2, 0.25) is 0 Å². The van der Waals surface area contributed by atoms with Crippen LogP contribution in [0.2, 0.25) is 10.0 Å². The number of nitrogens with one attached hydrogen (secondary N) is 2. The standard InChI is InChI=1S/C20H18Cl2FN3O5S2/c21-13-3-4-16(12(6-13)2-1-5-24-9-20(27)28)31-17-8-15(23)18(7-14(17)22)33(29,30)26-19-10-32-11-25-19/h3-4,6-8,10-11,24,26H,1-2,5,9H2,(H,27,28). The number of aryl methyl sites for hydroxylation is 1. The number of rotatable bonds is 11. The first-order valence-electron chi connectivity index (χ1n) is 9.44. The summed E-state index contributed by atoms with van der Waals surface area (Å²) in [6.07, 6.45) is 1.08. The molecule has 0 amide bonds. The van der Waals surface area contributed by atoms with Gasteiger partial charge in [0, 0.05) is 16.5 Å². The number of halogens is 3. The molecule has 176 valence electrons. The number of hydrogen-bond donors (Lipinski definition) is 3. The monoisotopic (exact) mass is 533 g/mol. The van der Waals surface area contributed by atoms with E-state index in [0.717, 1.165) is 12.1 Å². The number of hydrogen-bond acceptors (Lipinski definition) is 7. The van der Waals surface area contributed by atoms with Crippen LogP contribution < -0.4 is 14.8 Å². The molecule has 2 aromatic carbocycles. The smallest absolute Gasteiger partial charge is 0.317 e. The first kappa shape index (κ1) is 25.2. The summed E-state index contributed by atoms with van der Waals surface area (Å²) in [5, 5.41) is 13.3. The van der Waals surface area contributed by atoms with E-state index < -0.39 is 26.7 Å². The lowest BCUT2D eigenvalue weighted by atomic mass is 10.1. The molecule has 13 heteroatoms. The molecule has 8 nitrogen and oxygen atoms in total. The zero-order valence-corrected chi connectivity index (χ0v) is 20.0. The van der Waals surface area contributed by atoms with E-state index in [9.17, 15) is 17.6 Å². The number of carbonyl (C=O) groups is 1. The number of aromatic nitrogens is 1. The molecule has 0 fully saturated rings. The number of carboxylic acids is 1. The molecule has 0 atom stereocenters. The summed E-state index contributed by atoms with van der Waals surface area (Å²) in [6.45, 7) is 0.298. The topological polar surface area (TPSA) is 118 Å². The highest BCUT2D eigenvalue weighted by molar-refractivity contribution is 7.92. The SMILES string of the molecule is O=C(O)CNCCCc1cc(Cl)ccc1Oc1cc(F)c(S(=O)(=O)Nc2cscn2)cc1Cl. The van der Waals surface area contributed by atoms with Crippen LogP contribution in [-0.4, -0.2) is 37.6 Å². The molecule has 33 heavy (non-hydrogen) atoms. The highest BCUT2D eigenvalue weighted by Crippen LogP contribution is 2.36. The molecular weight excluding hydrogens is 516 g/mol. The number of sulfonamides is 1. The first-order chi connectivity index (χ1) is 15.7. The Balaban J connectivity index is 1.78. The number of ether oxygens (including phenoxy) is 1.